The van der Waals surface area contributed by atoms with Gasteiger partial charge in [-0.25, -0.2) is 14.1 Å². The van der Waals surface area contributed by atoms with Gasteiger partial charge in [0.25, 0.3) is 0 Å². The summed E-state index contributed by atoms with van der Waals surface area (Å²) in [5.74, 6) is -0.649. The van der Waals surface area contributed by atoms with Crippen LogP contribution in [0.15, 0.2) is 73.2 Å². The highest BCUT2D eigenvalue weighted by Crippen LogP contribution is 2.29. The number of fused-ring (bicyclic) bond motifs is 1. The van der Waals surface area contributed by atoms with Crippen molar-refractivity contribution >= 4 is 34.2 Å². The largest absolute Gasteiger partial charge is 0.322 e. The molecule has 0 bridgehead atoms. The number of halogens is 2. The van der Waals surface area contributed by atoms with Gasteiger partial charge in [0.1, 0.15) is 12.4 Å². The number of carbonyl (C=O) groups is 1. The Balaban J connectivity index is 1.32. The van der Waals surface area contributed by atoms with Gasteiger partial charge in [0.05, 0.1) is 24.1 Å². The molecule has 0 fully saturated rings. The summed E-state index contributed by atoms with van der Waals surface area (Å²) in [6.07, 6.45) is 4.97. The Kier molecular flexibility index (Phi) is 5.81. The van der Waals surface area contributed by atoms with E-state index in [4.69, 9.17) is 11.6 Å². The lowest BCUT2D eigenvalue weighted by Crippen LogP contribution is -2.19. The number of carbonyl (C=O) groups excluding carboxylic acids is 1. The summed E-state index contributed by atoms with van der Waals surface area (Å²) in [7, 11) is 0. The van der Waals surface area contributed by atoms with Gasteiger partial charge in [-0.15, -0.1) is 0 Å². The molecule has 9 heteroatoms. The van der Waals surface area contributed by atoms with Crippen LogP contribution in [0.3, 0.4) is 0 Å². The predicted molar refractivity (Wildman–Crippen MR) is 129 cm³/mol. The smallest absolute Gasteiger partial charge is 0.246 e. The molecule has 2 aromatic carbocycles. The molecule has 0 unspecified atom stereocenters. The Labute approximate surface area is 199 Å². The maximum atomic E-state index is 13.3. The third-order valence-electron chi connectivity index (χ3n) is 5.45. The van der Waals surface area contributed by atoms with E-state index in [1.54, 1.807) is 34.0 Å². The van der Waals surface area contributed by atoms with Gasteiger partial charge in [0.15, 0.2) is 5.65 Å². The molecule has 0 aliphatic carbocycles. The van der Waals surface area contributed by atoms with Crippen molar-refractivity contribution in [2.45, 2.75) is 20.0 Å². The summed E-state index contributed by atoms with van der Waals surface area (Å²) in [6, 6.07) is 16.2. The van der Waals surface area contributed by atoms with E-state index in [1.165, 1.54) is 12.1 Å². The molecule has 0 atom stereocenters. The van der Waals surface area contributed by atoms with Gasteiger partial charge in [-0.1, -0.05) is 48.0 Å². The molecule has 1 N–H and O–H groups in total. The first-order valence-electron chi connectivity index (χ1n) is 10.6. The minimum absolute atomic E-state index is 0.00452. The van der Waals surface area contributed by atoms with Crippen LogP contribution in [0.1, 0.15) is 11.3 Å². The first kappa shape index (κ1) is 21.8. The van der Waals surface area contributed by atoms with Gasteiger partial charge >= 0.3 is 0 Å². The molecule has 34 heavy (non-hydrogen) atoms. The Morgan fingerprint density at radius 1 is 1.15 bits per heavy atom. The second-order valence-electron chi connectivity index (χ2n) is 7.88. The molecule has 0 saturated carbocycles. The summed E-state index contributed by atoms with van der Waals surface area (Å²) in [6.45, 7) is 2.27. The van der Waals surface area contributed by atoms with Crippen LogP contribution in [0.2, 0.25) is 5.02 Å². The minimum atomic E-state index is -0.395. The molecule has 7 nitrogen and oxygen atoms in total. The summed E-state index contributed by atoms with van der Waals surface area (Å²) < 4.78 is 16.5. The summed E-state index contributed by atoms with van der Waals surface area (Å²) >= 11 is 6.09. The van der Waals surface area contributed by atoms with E-state index in [1.807, 2.05) is 43.3 Å². The highest BCUT2D eigenvalue weighted by molar-refractivity contribution is 6.31. The molecule has 3 aromatic heterocycles. The highest BCUT2D eigenvalue weighted by atomic mass is 35.5. The number of aromatic nitrogens is 5. The van der Waals surface area contributed by atoms with E-state index in [2.05, 4.69) is 20.5 Å². The van der Waals surface area contributed by atoms with Crippen molar-refractivity contribution in [3.63, 3.8) is 0 Å². The number of rotatable bonds is 6. The quantitative estimate of drug-likeness (QED) is 0.372. The van der Waals surface area contributed by atoms with Crippen molar-refractivity contribution in [2.75, 3.05) is 5.32 Å². The lowest BCUT2D eigenvalue weighted by atomic mass is 10.0. The van der Waals surface area contributed by atoms with E-state index in [-0.39, 0.29) is 12.5 Å². The molecule has 5 rings (SSSR count). The van der Waals surface area contributed by atoms with E-state index in [0.717, 1.165) is 27.8 Å². The van der Waals surface area contributed by atoms with Gasteiger partial charge in [0.2, 0.25) is 5.91 Å². The van der Waals surface area contributed by atoms with Crippen LogP contribution < -0.4 is 5.32 Å². The van der Waals surface area contributed by atoms with Crippen LogP contribution in [0.25, 0.3) is 22.2 Å². The third-order valence-corrected chi connectivity index (χ3v) is 5.80. The SMILES string of the molecule is Cc1nn(CC(=O)Nc2cnn(Cc3ccc(F)cc3Cl)c2)c2nccc(-c3ccccc3)c12. The summed E-state index contributed by atoms with van der Waals surface area (Å²) in [4.78, 5) is 17.2. The van der Waals surface area contributed by atoms with Gasteiger partial charge < -0.3 is 5.32 Å². The molecule has 0 spiro atoms. The van der Waals surface area contributed by atoms with Gasteiger partial charge in [-0.05, 0) is 41.8 Å². The van der Waals surface area contributed by atoms with Crippen molar-refractivity contribution in [3.05, 3.63) is 95.3 Å². The minimum Gasteiger partial charge on any atom is -0.322 e. The molecule has 1 amide bonds. The molecule has 0 aliphatic heterocycles. The number of hydrogen-bond acceptors (Lipinski definition) is 4. The van der Waals surface area contributed by atoms with Crippen molar-refractivity contribution in [3.8, 4) is 11.1 Å². The Morgan fingerprint density at radius 2 is 1.97 bits per heavy atom. The molecule has 170 valence electrons. The van der Waals surface area contributed by atoms with Gasteiger partial charge in [0, 0.05) is 22.8 Å². The van der Waals surface area contributed by atoms with E-state index < -0.39 is 5.82 Å². The average molecular weight is 475 g/mol. The van der Waals surface area contributed by atoms with Gasteiger partial charge in [-0.2, -0.15) is 10.2 Å². The Morgan fingerprint density at radius 3 is 2.76 bits per heavy atom. The Bertz CT molecular complexity index is 1490. The topological polar surface area (TPSA) is 77.6 Å². The molecule has 0 aliphatic rings. The Hall–Kier alpha value is -4.04. The molecule has 0 radical (unpaired) electrons. The second-order valence-corrected chi connectivity index (χ2v) is 8.28. The van der Waals surface area contributed by atoms with E-state index >= 15 is 0 Å². The fraction of sp³-hybridized carbons (Fsp3) is 0.120. The van der Waals surface area contributed by atoms with E-state index in [0.29, 0.717) is 22.9 Å². The van der Waals surface area contributed by atoms with Crippen LogP contribution in [0, 0.1) is 12.7 Å². The number of aryl methyl sites for hydroxylation is 1. The maximum absolute atomic E-state index is 13.3. The number of benzene rings is 2. The first-order chi connectivity index (χ1) is 16.5. The first-order valence-corrected chi connectivity index (χ1v) is 11.0. The van der Waals surface area contributed by atoms with E-state index in [9.17, 15) is 9.18 Å². The highest BCUT2D eigenvalue weighted by Gasteiger charge is 2.16. The monoisotopic (exact) mass is 474 g/mol. The summed E-state index contributed by atoms with van der Waals surface area (Å²) in [5.41, 5.74) is 4.80. The zero-order valence-corrected chi connectivity index (χ0v) is 19.0. The van der Waals surface area contributed by atoms with Crippen LogP contribution >= 0.6 is 11.6 Å². The zero-order valence-electron chi connectivity index (χ0n) is 18.2. The fourth-order valence-electron chi connectivity index (χ4n) is 3.93. The summed E-state index contributed by atoms with van der Waals surface area (Å²) in [5, 5.41) is 12.9. The number of nitrogens with one attached hydrogen (secondary N) is 1. The number of anilines is 1. The number of pyridine rings is 1. The third kappa shape index (κ3) is 4.40. The van der Waals surface area contributed by atoms with Crippen molar-refractivity contribution in [1.29, 1.82) is 0 Å². The predicted octanol–water partition coefficient (Wildman–Crippen LogP) is 5.08. The van der Waals surface area contributed by atoms with Crippen LogP contribution in [0.5, 0.6) is 0 Å². The standard InChI is InChI=1S/C25H20ClFN6O/c1-16-24-21(17-5-3-2-4-6-17)9-10-28-25(24)33(31-16)15-23(34)30-20-12-29-32(14-20)13-18-7-8-19(27)11-22(18)26/h2-12,14H,13,15H2,1H3,(H,30,34). The molecule has 3 heterocycles. The number of nitrogens with zero attached hydrogens (tertiary/aromatic N) is 5. The lowest BCUT2D eigenvalue weighted by Gasteiger charge is -2.06. The molecular weight excluding hydrogens is 455 g/mol. The van der Waals surface area contributed by atoms with Crippen LogP contribution in [0.4, 0.5) is 10.1 Å². The molecular formula is C25H20ClFN6O. The zero-order chi connectivity index (χ0) is 23.7. The number of hydrogen-bond donors (Lipinski definition) is 1. The lowest BCUT2D eigenvalue weighted by molar-refractivity contribution is -0.116. The normalized spacial score (nSPS) is 11.1. The van der Waals surface area contributed by atoms with Crippen molar-refractivity contribution in [1.82, 2.24) is 24.5 Å². The molecule has 0 saturated heterocycles. The van der Waals surface area contributed by atoms with Crippen molar-refractivity contribution in [2.24, 2.45) is 0 Å². The fourth-order valence-corrected chi connectivity index (χ4v) is 4.15. The number of amides is 1. The average Bonchev–Trinajstić information content (AvgIpc) is 3.40. The van der Waals surface area contributed by atoms with Crippen LogP contribution in [-0.2, 0) is 17.9 Å². The van der Waals surface area contributed by atoms with Gasteiger partial charge in [-0.3, -0.25) is 9.48 Å². The maximum Gasteiger partial charge on any atom is 0.246 e. The van der Waals surface area contributed by atoms with Crippen molar-refractivity contribution < 1.29 is 9.18 Å². The van der Waals surface area contributed by atoms with Crippen LogP contribution in [-0.4, -0.2) is 30.5 Å². The molecule has 5 aromatic rings. The second kappa shape index (κ2) is 9.07.